The molecule has 0 aliphatic rings. The summed E-state index contributed by atoms with van der Waals surface area (Å²) in [6.07, 6.45) is 3.29. The van der Waals surface area contributed by atoms with E-state index in [2.05, 4.69) is 20.3 Å². The molecular weight excluding hydrogens is 238 g/mol. The van der Waals surface area contributed by atoms with Gasteiger partial charge in [-0.1, -0.05) is 12.1 Å². The summed E-state index contributed by atoms with van der Waals surface area (Å²) in [6, 6.07) is 11.6. The molecule has 3 aromatic rings. The van der Waals surface area contributed by atoms with E-state index in [-0.39, 0.29) is 0 Å². The number of hydrogen-bond acceptors (Lipinski definition) is 5. The van der Waals surface area contributed by atoms with E-state index in [1.54, 1.807) is 12.4 Å². The summed E-state index contributed by atoms with van der Waals surface area (Å²) in [5.41, 5.74) is 9.04. The molecule has 3 N–H and O–H groups in total. The third-order valence-electron chi connectivity index (χ3n) is 2.76. The maximum Gasteiger partial charge on any atom is 0.180 e. The highest BCUT2D eigenvalue weighted by atomic mass is 15.0. The average Bonchev–Trinajstić information content (AvgIpc) is 2.45. The van der Waals surface area contributed by atoms with Crippen LogP contribution in [0.4, 0.5) is 11.5 Å². The Kier molecular flexibility index (Phi) is 2.94. The standard InChI is InChI=1S/C14H13N5/c15-11-3-1-2-10(8-11)9-18-13-5-4-12-14(19-13)17-7-6-16-12/h1-8H,9,15H2,(H,17,18,19). The van der Waals surface area contributed by atoms with Crippen molar-refractivity contribution in [2.75, 3.05) is 11.1 Å². The fraction of sp³-hybridized carbons (Fsp3) is 0.0714. The predicted octanol–water partition coefficient (Wildman–Crippen LogP) is 2.22. The first-order chi connectivity index (χ1) is 9.31. The van der Waals surface area contributed by atoms with Crippen molar-refractivity contribution in [3.8, 4) is 0 Å². The molecule has 19 heavy (non-hydrogen) atoms. The minimum atomic E-state index is 0.639. The van der Waals surface area contributed by atoms with Crippen LogP contribution in [-0.2, 0) is 6.54 Å². The second kappa shape index (κ2) is 4.89. The van der Waals surface area contributed by atoms with E-state index in [0.29, 0.717) is 12.2 Å². The number of hydrogen-bond donors (Lipinski definition) is 2. The zero-order valence-corrected chi connectivity index (χ0v) is 10.2. The summed E-state index contributed by atoms with van der Waals surface area (Å²) in [5, 5.41) is 3.25. The van der Waals surface area contributed by atoms with Gasteiger partial charge in [0.2, 0.25) is 0 Å². The van der Waals surface area contributed by atoms with Gasteiger partial charge in [0.05, 0.1) is 0 Å². The maximum atomic E-state index is 5.74. The number of anilines is 2. The first-order valence-corrected chi connectivity index (χ1v) is 5.97. The monoisotopic (exact) mass is 251 g/mol. The number of nitrogens with one attached hydrogen (secondary N) is 1. The maximum absolute atomic E-state index is 5.74. The number of nitrogen functional groups attached to an aromatic ring is 1. The molecule has 0 bridgehead atoms. The van der Waals surface area contributed by atoms with Crippen molar-refractivity contribution in [3.63, 3.8) is 0 Å². The van der Waals surface area contributed by atoms with E-state index in [1.807, 2.05) is 36.4 Å². The van der Waals surface area contributed by atoms with E-state index in [0.717, 1.165) is 22.6 Å². The molecule has 0 fully saturated rings. The van der Waals surface area contributed by atoms with Crippen molar-refractivity contribution in [2.45, 2.75) is 6.54 Å². The molecule has 5 heteroatoms. The van der Waals surface area contributed by atoms with Crippen LogP contribution in [0.15, 0.2) is 48.8 Å². The SMILES string of the molecule is Nc1cccc(CNc2ccc3nccnc3n2)c1. The topological polar surface area (TPSA) is 76.7 Å². The lowest BCUT2D eigenvalue weighted by molar-refractivity contribution is 1.11. The van der Waals surface area contributed by atoms with Crippen LogP contribution < -0.4 is 11.1 Å². The number of pyridine rings is 1. The fourth-order valence-electron chi connectivity index (χ4n) is 1.85. The van der Waals surface area contributed by atoms with Gasteiger partial charge in [0, 0.05) is 24.6 Å². The third kappa shape index (κ3) is 2.60. The van der Waals surface area contributed by atoms with Crippen LogP contribution in [0.25, 0.3) is 11.2 Å². The Morgan fingerprint density at radius 3 is 2.84 bits per heavy atom. The van der Waals surface area contributed by atoms with Gasteiger partial charge in [-0.05, 0) is 29.8 Å². The molecule has 0 atom stereocenters. The molecule has 2 heterocycles. The van der Waals surface area contributed by atoms with Gasteiger partial charge in [-0.3, -0.25) is 4.98 Å². The van der Waals surface area contributed by atoms with Crippen LogP contribution in [0.5, 0.6) is 0 Å². The quantitative estimate of drug-likeness (QED) is 0.698. The van der Waals surface area contributed by atoms with Crippen molar-refractivity contribution in [2.24, 2.45) is 0 Å². The number of aromatic nitrogens is 3. The molecule has 0 amide bonds. The summed E-state index contributed by atoms with van der Waals surface area (Å²) in [5.74, 6) is 0.774. The Morgan fingerprint density at radius 1 is 1.05 bits per heavy atom. The van der Waals surface area contributed by atoms with Crippen LogP contribution in [-0.4, -0.2) is 15.0 Å². The van der Waals surface area contributed by atoms with Crippen molar-refractivity contribution >= 4 is 22.7 Å². The van der Waals surface area contributed by atoms with Gasteiger partial charge < -0.3 is 11.1 Å². The molecule has 0 saturated carbocycles. The van der Waals surface area contributed by atoms with E-state index in [4.69, 9.17) is 5.73 Å². The second-order valence-electron chi connectivity index (χ2n) is 4.19. The first-order valence-electron chi connectivity index (χ1n) is 5.97. The van der Waals surface area contributed by atoms with Crippen LogP contribution in [0.2, 0.25) is 0 Å². The lowest BCUT2D eigenvalue weighted by atomic mass is 10.2. The molecule has 0 saturated heterocycles. The molecule has 0 radical (unpaired) electrons. The minimum absolute atomic E-state index is 0.639. The molecule has 0 spiro atoms. The van der Waals surface area contributed by atoms with Crippen LogP contribution in [0, 0.1) is 0 Å². The molecule has 0 aliphatic heterocycles. The van der Waals surface area contributed by atoms with Gasteiger partial charge in [0.25, 0.3) is 0 Å². The molecule has 0 aliphatic carbocycles. The molecule has 0 unspecified atom stereocenters. The Balaban J connectivity index is 1.78. The zero-order chi connectivity index (χ0) is 13.1. The van der Waals surface area contributed by atoms with Gasteiger partial charge in [-0.15, -0.1) is 0 Å². The minimum Gasteiger partial charge on any atom is -0.399 e. The van der Waals surface area contributed by atoms with Gasteiger partial charge in [0.15, 0.2) is 5.65 Å². The van der Waals surface area contributed by atoms with Gasteiger partial charge >= 0.3 is 0 Å². The summed E-state index contributed by atoms with van der Waals surface area (Å²) >= 11 is 0. The highest BCUT2D eigenvalue weighted by Crippen LogP contribution is 2.12. The first kappa shape index (κ1) is 11.4. The van der Waals surface area contributed by atoms with E-state index in [9.17, 15) is 0 Å². The Morgan fingerprint density at radius 2 is 1.95 bits per heavy atom. The summed E-state index contributed by atoms with van der Waals surface area (Å²) in [7, 11) is 0. The van der Waals surface area contributed by atoms with Gasteiger partial charge in [0.1, 0.15) is 11.3 Å². The highest BCUT2D eigenvalue weighted by molar-refractivity contribution is 5.71. The van der Waals surface area contributed by atoms with Crippen LogP contribution in [0.3, 0.4) is 0 Å². The summed E-state index contributed by atoms with van der Waals surface area (Å²) < 4.78 is 0. The molecule has 3 rings (SSSR count). The summed E-state index contributed by atoms with van der Waals surface area (Å²) in [4.78, 5) is 12.8. The second-order valence-corrected chi connectivity index (χ2v) is 4.19. The largest absolute Gasteiger partial charge is 0.399 e. The molecule has 5 nitrogen and oxygen atoms in total. The lowest BCUT2D eigenvalue weighted by Gasteiger charge is -2.06. The van der Waals surface area contributed by atoms with E-state index in [1.165, 1.54) is 0 Å². The fourth-order valence-corrected chi connectivity index (χ4v) is 1.85. The van der Waals surface area contributed by atoms with E-state index >= 15 is 0 Å². The Bertz CT molecular complexity index is 711. The third-order valence-corrected chi connectivity index (χ3v) is 2.76. The zero-order valence-electron chi connectivity index (χ0n) is 10.2. The van der Waals surface area contributed by atoms with Crippen LogP contribution >= 0.6 is 0 Å². The Hall–Kier alpha value is -2.69. The Labute approximate surface area is 110 Å². The number of nitrogens with zero attached hydrogens (tertiary/aromatic N) is 3. The number of rotatable bonds is 3. The highest BCUT2D eigenvalue weighted by Gasteiger charge is 2.00. The molecule has 2 aromatic heterocycles. The normalized spacial score (nSPS) is 10.5. The van der Waals surface area contributed by atoms with Crippen LogP contribution in [0.1, 0.15) is 5.56 Å². The van der Waals surface area contributed by atoms with E-state index < -0.39 is 0 Å². The smallest absolute Gasteiger partial charge is 0.180 e. The van der Waals surface area contributed by atoms with Crippen molar-refractivity contribution in [3.05, 3.63) is 54.4 Å². The molecule has 94 valence electrons. The van der Waals surface area contributed by atoms with Crippen molar-refractivity contribution < 1.29 is 0 Å². The molecular formula is C14H13N5. The van der Waals surface area contributed by atoms with Crippen molar-refractivity contribution in [1.82, 2.24) is 15.0 Å². The average molecular weight is 251 g/mol. The summed E-state index contributed by atoms with van der Waals surface area (Å²) in [6.45, 7) is 0.670. The number of nitrogens with two attached hydrogens (primary N) is 1. The van der Waals surface area contributed by atoms with Crippen molar-refractivity contribution in [1.29, 1.82) is 0 Å². The van der Waals surface area contributed by atoms with Gasteiger partial charge in [-0.2, -0.15) is 0 Å². The number of benzene rings is 1. The number of fused-ring (bicyclic) bond motifs is 1. The lowest BCUT2D eigenvalue weighted by Crippen LogP contribution is -2.02. The van der Waals surface area contributed by atoms with Gasteiger partial charge in [-0.25, -0.2) is 9.97 Å². The predicted molar refractivity (Wildman–Crippen MR) is 75.5 cm³/mol. The molecule has 1 aromatic carbocycles.